The van der Waals surface area contributed by atoms with Gasteiger partial charge in [0.25, 0.3) is 0 Å². The molecule has 15 heavy (non-hydrogen) atoms. The molecule has 0 radical (unpaired) electrons. The van der Waals surface area contributed by atoms with E-state index in [-0.39, 0.29) is 0 Å². The minimum Gasteiger partial charge on any atom is -0.472 e. The fourth-order valence-corrected chi connectivity index (χ4v) is 1.61. The molecule has 5 heteroatoms. The standard InChI is InChI=1S/C10H12BrN3O/c11-10-6-13-14(7-10)3-2-12-5-9-1-4-15-8-9/h1,4,6-8,12H,2-3,5H2. The van der Waals surface area contributed by atoms with Crippen molar-refractivity contribution in [3.63, 3.8) is 0 Å². The van der Waals surface area contributed by atoms with Gasteiger partial charge in [-0.15, -0.1) is 0 Å². The summed E-state index contributed by atoms with van der Waals surface area (Å²) < 4.78 is 7.88. The second-order valence-electron chi connectivity index (χ2n) is 3.23. The lowest BCUT2D eigenvalue weighted by Gasteiger charge is -2.02. The lowest BCUT2D eigenvalue weighted by atomic mass is 10.3. The molecule has 2 aromatic heterocycles. The first-order valence-corrected chi connectivity index (χ1v) is 5.53. The van der Waals surface area contributed by atoms with Crippen LogP contribution in [0.25, 0.3) is 0 Å². The Morgan fingerprint density at radius 2 is 2.47 bits per heavy atom. The summed E-state index contributed by atoms with van der Waals surface area (Å²) in [7, 11) is 0. The second kappa shape index (κ2) is 5.14. The fraction of sp³-hybridized carbons (Fsp3) is 0.300. The van der Waals surface area contributed by atoms with Gasteiger partial charge in [0.05, 0.1) is 29.7 Å². The van der Waals surface area contributed by atoms with Crippen LogP contribution < -0.4 is 5.32 Å². The van der Waals surface area contributed by atoms with Gasteiger partial charge in [0.15, 0.2) is 0 Å². The molecule has 80 valence electrons. The fourth-order valence-electron chi connectivity index (χ4n) is 1.28. The quantitative estimate of drug-likeness (QED) is 0.845. The van der Waals surface area contributed by atoms with E-state index in [1.807, 2.05) is 16.9 Å². The van der Waals surface area contributed by atoms with Crippen molar-refractivity contribution >= 4 is 15.9 Å². The summed E-state index contributed by atoms with van der Waals surface area (Å²) in [6, 6.07) is 1.96. The van der Waals surface area contributed by atoms with E-state index >= 15 is 0 Å². The molecule has 0 atom stereocenters. The maximum absolute atomic E-state index is 4.97. The highest BCUT2D eigenvalue weighted by atomic mass is 79.9. The highest BCUT2D eigenvalue weighted by Crippen LogP contribution is 2.05. The van der Waals surface area contributed by atoms with Crippen LogP contribution in [0.1, 0.15) is 5.56 Å². The first kappa shape index (κ1) is 10.4. The molecular weight excluding hydrogens is 258 g/mol. The lowest BCUT2D eigenvalue weighted by Crippen LogP contribution is -2.19. The van der Waals surface area contributed by atoms with Crippen LogP contribution in [0.4, 0.5) is 0 Å². The number of hydrogen-bond donors (Lipinski definition) is 1. The number of hydrogen-bond acceptors (Lipinski definition) is 3. The normalized spacial score (nSPS) is 10.7. The molecule has 4 nitrogen and oxygen atoms in total. The smallest absolute Gasteiger partial charge is 0.0947 e. The number of aromatic nitrogens is 2. The van der Waals surface area contributed by atoms with Gasteiger partial charge in [-0.2, -0.15) is 5.10 Å². The SMILES string of the molecule is Brc1cnn(CCNCc2ccoc2)c1. The van der Waals surface area contributed by atoms with Crippen molar-refractivity contribution < 1.29 is 4.42 Å². The molecule has 1 N–H and O–H groups in total. The minimum absolute atomic E-state index is 0.832. The summed E-state index contributed by atoms with van der Waals surface area (Å²) >= 11 is 3.36. The molecule has 0 saturated carbocycles. The molecule has 0 aliphatic heterocycles. The summed E-state index contributed by atoms with van der Waals surface area (Å²) in [5, 5.41) is 7.47. The molecular formula is C10H12BrN3O. The highest BCUT2D eigenvalue weighted by Gasteiger charge is 1.95. The molecule has 0 bridgehead atoms. The van der Waals surface area contributed by atoms with Gasteiger partial charge in [-0.1, -0.05) is 0 Å². The molecule has 2 rings (SSSR count). The van der Waals surface area contributed by atoms with E-state index in [1.54, 1.807) is 18.7 Å². The zero-order valence-electron chi connectivity index (χ0n) is 8.19. The molecule has 0 aromatic carbocycles. The molecule has 0 aliphatic carbocycles. The van der Waals surface area contributed by atoms with Gasteiger partial charge in [-0.05, 0) is 22.0 Å². The monoisotopic (exact) mass is 269 g/mol. The van der Waals surface area contributed by atoms with E-state index in [0.29, 0.717) is 0 Å². The number of nitrogens with one attached hydrogen (secondary N) is 1. The van der Waals surface area contributed by atoms with Gasteiger partial charge in [0.2, 0.25) is 0 Å². The van der Waals surface area contributed by atoms with Crippen molar-refractivity contribution in [2.24, 2.45) is 0 Å². The Morgan fingerprint density at radius 1 is 1.53 bits per heavy atom. The van der Waals surface area contributed by atoms with E-state index in [4.69, 9.17) is 4.42 Å². The van der Waals surface area contributed by atoms with E-state index in [0.717, 1.165) is 29.7 Å². The summed E-state index contributed by atoms with van der Waals surface area (Å²) in [5.41, 5.74) is 1.16. The van der Waals surface area contributed by atoms with Crippen LogP contribution in [0.2, 0.25) is 0 Å². The first-order chi connectivity index (χ1) is 7.34. The third kappa shape index (κ3) is 3.21. The van der Waals surface area contributed by atoms with Gasteiger partial charge in [-0.3, -0.25) is 4.68 Å². The Kier molecular flexibility index (Phi) is 3.58. The summed E-state index contributed by atoms with van der Waals surface area (Å²) in [5.74, 6) is 0. The summed E-state index contributed by atoms with van der Waals surface area (Å²) in [6.45, 7) is 2.59. The van der Waals surface area contributed by atoms with E-state index in [1.165, 1.54) is 0 Å². The Hall–Kier alpha value is -1.07. The van der Waals surface area contributed by atoms with Crippen LogP contribution >= 0.6 is 15.9 Å². The maximum Gasteiger partial charge on any atom is 0.0947 e. The zero-order chi connectivity index (χ0) is 10.5. The van der Waals surface area contributed by atoms with Gasteiger partial charge in [-0.25, -0.2) is 0 Å². The van der Waals surface area contributed by atoms with E-state index in [2.05, 4.69) is 26.3 Å². The molecule has 0 aliphatic rings. The number of halogens is 1. The van der Waals surface area contributed by atoms with Gasteiger partial charge in [0, 0.05) is 24.8 Å². The predicted molar refractivity (Wildman–Crippen MR) is 60.3 cm³/mol. The van der Waals surface area contributed by atoms with Crippen LogP contribution in [-0.2, 0) is 13.1 Å². The topological polar surface area (TPSA) is 43.0 Å². The van der Waals surface area contributed by atoms with Crippen molar-refractivity contribution in [1.82, 2.24) is 15.1 Å². The largest absolute Gasteiger partial charge is 0.472 e. The third-order valence-corrected chi connectivity index (χ3v) is 2.44. The van der Waals surface area contributed by atoms with Crippen LogP contribution in [0.15, 0.2) is 39.9 Å². The van der Waals surface area contributed by atoms with Crippen molar-refractivity contribution in [3.8, 4) is 0 Å². The minimum atomic E-state index is 0.832. The van der Waals surface area contributed by atoms with Crippen molar-refractivity contribution in [3.05, 3.63) is 41.0 Å². The average Bonchev–Trinajstić information content (AvgIpc) is 2.84. The molecule has 0 fully saturated rings. The molecule has 0 unspecified atom stereocenters. The summed E-state index contributed by atoms with van der Waals surface area (Å²) in [4.78, 5) is 0. The van der Waals surface area contributed by atoms with Crippen molar-refractivity contribution in [2.45, 2.75) is 13.1 Å². The van der Waals surface area contributed by atoms with Gasteiger partial charge < -0.3 is 9.73 Å². The first-order valence-electron chi connectivity index (χ1n) is 4.74. The van der Waals surface area contributed by atoms with Gasteiger partial charge in [0.1, 0.15) is 0 Å². The molecule has 2 heterocycles. The predicted octanol–water partition coefficient (Wildman–Crippen LogP) is 2.03. The van der Waals surface area contributed by atoms with Crippen LogP contribution in [-0.4, -0.2) is 16.3 Å². The Balaban J connectivity index is 1.67. The van der Waals surface area contributed by atoms with E-state index < -0.39 is 0 Å². The summed E-state index contributed by atoms with van der Waals surface area (Å²) in [6.07, 6.45) is 7.18. The maximum atomic E-state index is 4.97. The van der Waals surface area contributed by atoms with E-state index in [9.17, 15) is 0 Å². The molecule has 0 spiro atoms. The average molecular weight is 270 g/mol. The molecule has 2 aromatic rings. The number of furan rings is 1. The lowest BCUT2D eigenvalue weighted by molar-refractivity contribution is 0.543. The highest BCUT2D eigenvalue weighted by molar-refractivity contribution is 9.10. The Bertz CT molecular complexity index is 396. The van der Waals surface area contributed by atoms with Crippen molar-refractivity contribution in [1.29, 1.82) is 0 Å². The molecule has 0 amide bonds. The second-order valence-corrected chi connectivity index (χ2v) is 4.15. The van der Waals surface area contributed by atoms with Crippen LogP contribution in [0, 0.1) is 0 Å². The Morgan fingerprint density at radius 3 is 3.13 bits per heavy atom. The Labute approximate surface area is 96.4 Å². The number of rotatable bonds is 5. The van der Waals surface area contributed by atoms with Crippen molar-refractivity contribution in [2.75, 3.05) is 6.54 Å². The van der Waals surface area contributed by atoms with Gasteiger partial charge >= 0.3 is 0 Å². The third-order valence-electron chi connectivity index (χ3n) is 2.03. The van der Waals surface area contributed by atoms with Crippen LogP contribution in [0.3, 0.4) is 0 Å². The van der Waals surface area contributed by atoms with Crippen LogP contribution in [0.5, 0.6) is 0 Å². The molecule has 0 saturated heterocycles. The zero-order valence-corrected chi connectivity index (χ0v) is 9.77. The number of nitrogens with zero attached hydrogens (tertiary/aromatic N) is 2.